The van der Waals surface area contributed by atoms with E-state index in [2.05, 4.69) is 15.4 Å². The molecule has 2 atom stereocenters. The lowest BCUT2D eigenvalue weighted by Gasteiger charge is -2.22. The topological polar surface area (TPSA) is 137 Å². The van der Waals surface area contributed by atoms with Gasteiger partial charge in [0.15, 0.2) is 0 Å². The van der Waals surface area contributed by atoms with Crippen molar-refractivity contribution in [3.63, 3.8) is 0 Å². The summed E-state index contributed by atoms with van der Waals surface area (Å²) in [5, 5.41) is 4.96. The van der Waals surface area contributed by atoms with Crippen LogP contribution in [-0.2, 0) is 30.5 Å². The maximum Gasteiger partial charge on any atom is 0.408 e. The van der Waals surface area contributed by atoms with Crippen molar-refractivity contribution in [3.8, 4) is 0 Å². The van der Waals surface area contributed by atoms with E-state index < -0.39 is 36.0 Å². The van der Waals surface area contributed by atoms with Gasteiger partial charge in [0.2, 0.25) is 11.8 Å². The second-order valence-corrected chi connectivity index (χ2v) is 6.97. The molecule has 3 amide bonds. The lowest BCUT2D eigenvalue weighted by Crippen LogP contribution is -2.53. The van der Waals surface area contributed by atoms with Gasteiger partial charge in [-0.2, -0.15) is 0 Å². The third kappa shape index (κ3) is 9.59. The molecule has 0 aliphatic heterocycles. The van der Waals surface area contributed by atoms with Gasteiger partial charge in [-0.15, -0.1) is 0 Å². The Labute approximate surface area is 170 Å². The van der Waals surface area contributed by atoms with Crippen LogP contribution in [0.2, 0.25) is 0 Å². The lowest BCUT2D eigenvalue weighted by molar-refractivity contribution is -0.141. The van der Waals surface area contributed by atoms with Crippen LogP contribution in [0.5, 0.6) is 0 Å². The molecule has 0 aliphatic rings. The fraction of sp³-hybridized carbons (Fsp3) is 0.500. The minimum Gasteiger partial charge on any atom is -0.469 e. The molecule has 0 spiro atoms. The Morgan fingerprint density at radius 3 is 2.24 bits per heavy atom. The highest BCUT2D eigenvalue weighted by molar-refractivity contribution is 5.91. The molecule has 0 aliphatic carbocycles. The SMILES string of the molecule is COC(=O)CC[C@H](NC(=O)OCc1ccccc1)C(=O)N[C@@H](CC(C)C)C(N)=O. The highest BCUT2D eigenvalue weighted by atomic mass is 16.5. The van der Waals surface area contributed by atoms with Gasteiger partial charge >= 0.3 is 12.1 Å². The van der Waals surface area contributed by atoms with Crippen molar-refractivity contribution in [2.75, 3.05) is 7.11 Å². The molecule has 9 heteroatoms. The van der Waals surface area contributed by atoms with Gasteiger partial charge in [0.05, 0.1) is 7.11 Å². The van der Waals surface area contributed by atoms with Gasteiger partial charge in [-0.05, 0) is 24.3 Å². The number of amides is 3. The van der Waals surface area contributed by atoms with Crippen LogP contribution in [0.15, 0.2) is 30.3 Å². The van der Waals surface area contributed by atoms with Crippen LogP contribution in [0, 0.1) is 5.92 Å². The highest BCUT2D eigenvalue weighted by Gasteiger charge is 2.27. The molecule has 0 unspecified atom stereocenters. The summed E-state index contributed by atoms with van der Waals surface area (Å²) >= 11 is 0. The Bertz CT molecular complexity index is 693. The van der Waals surface area contributed by atoms with Crippen LogP contribution >= 0.6 is 0 Å². The normalized spacial score (nSPS) is 12.6. The molecule has 1 rings (SSSR count). The molecule has 0 saturated heterocycles. The van der Waals surface area contributed by atoms with E-state index in [1.165, 1.54) is 7.11 Å². The van der Waals surface area contributed by atoms with E-state index in [1.54, 1.807) is 12.1 Å². The number of hydrogen-bond donors (Lipinski definition) is 3. The van der Waals surface area contributed by atoms with Crippen LogP contribution in [0.3, 0.4) is 0 Å². The minimum atomic E-state index is -1.09. The molecule has 1 aromatic carbocycles. The molecule has 160 valence electrons. The number of benzene rings is 1. The number of hydrogen-bond acceptors (Lipinski definition) is 6. The summed E-state index contributed by atoms with van der Waals surface area (Å²) in [6.07, 6.45) is -0.590. The summed E-state index contributed by atoms with van der Waals surface area (Å²) in [6, 6.07) is 7.06. The van der Waals surface area contributed by atoms with Crippen molar-refractivity contribution < 1.29 is 28.7 Å². The molecule has 0 bridgehead atoms. The van der Waals surface area contributed by atoms with Crippen molar-refractivity contribution >= 4 is 23.9 Å². The van der Waals surface area contributed by atoms with Gasteiger partial charge in [-0.25, -0.2) is 4.79 Å². The van der Waals surface area contributed by atoms with E-state index in [0.29, 0.717) is 6.42 Å². The van der Waals surface area contributed by atoms with Crippen molar-refractivity contribution in [1.29, 1.82) is 0 Å². The van der Waals surface area contributed by atoms with Crippen molar-refractivity contribution in [3.05, 3.63) is 35.9 Å². The quantitative estimate of drug-likeness (QED) is 0.472. The largest absolute Gasteiger partial charge is 0.469 e. The van der Waals surface area contributed by atoms with Crippen molar-refractivity contribution in [2.45, 2.75) is 51.8 Å². The average Bonchev–Trinajstić information content (AvgIpc) is 2.68. The number of nitrogens with one attached hydrogen (secondary N) is 2. The Hall–Kier alpha value is -3.10. The summed E-state index contributed by atoms with van der Waals surface area (Å²) < 4.78 is 9.69. The average molecular weight is 407 g/mol. The first-order valence-electron chi connectivity index (χ1n) is 9.36. The number of alkyl carbamates (subject to hydrolysis) is 1. The molecule has 0 heterocycles. The molecule has 0 saturated carbocycles. The maximum atomic E-state index is 12.6. The fourth-order valence-electron chi connectivity index (χ4n) is 2.53. The zero-order valence-corrected chi connectivity index (χ0v) is 17.0. The Kier molecular flexibility index (Phi) is 10.2. The number of esters is 1. The van der Waals surface area contributed by atoms with E-state index in [4.69, 9.17) is 10.5 Å². The van der Waals surface area contributed by atoms with E-state index >= 15 is 0 Å². The predicted octanol–water partition coefficient (Wildman–Crippen LogP) is 1.25. The Balaban J connectivity index is 2.74. The molecule has 4 N–H and O–H groups in total. The number of nitrogens with two attached hydrogens (primary N) is 1. The monoisotopic (exact) mass is 407 g/mol. The molecular weight excluding hydrogens is 378 g/mol. The Morgan fingerprint density at radius 2 is 1.69 bits per heavy atom. The first-order chi connectivity index (χ1) is 13.7. The van der Waals surface area contributed by atoms with Gasteiger partial charge in [0, 0.05) is 6.42 Å². The zero-order valence-electron chi connectivity index (χ0n) is 17.0. The second kappa shape index (κ2) is 12.4. The summed E-state index contributed by atoms with van der Waals surface area (Å²) in [5.41, 5.74) is 6.13. The van der Waals surface area contributed by atoms with Gasteiger partial charge < -0.3 is 25.8 Å². The molecule has 0 aromatic heterocycles. The number of methoxy groups -OCH3 is 1. The van der Waals surface area contributed by atoms with Gasteiger partial charge in [0.25, 0.3) is 0 Å². The van der Waals surface area contributed by atoms with Crippen LogP contribution in [-0.4, -0.2) is 43.1 Å². The lowest BCUT2D eigenvalue weighted by atomic mass is 10.0. The summed E-state index contributed by atoms with van der Waals surface area (Å²) in [7, 11) is 1.23. The number of carbonyl (C=O) groups excluding carboxylic acids is 4. The first-order valence-corrected chi connectivity index (χ1v) is 9.36. The molecule has 9 nitrogen and oxygen atoms in total. The number of ether oxygens (including phenoxy) is 2. The van der Waals surface area contributed by atoms with Crippen molar-refractivity contribution in [1.82, 2.24) is 10.6 Å². The molecular formula is C20H29N3O6. The van der Waals surface area contributed by atoms with E-state index in [0.717, 1.165) is 5.56 Å². The second-order valence-electron chi connectivity index (χ2n) is 6.97. The van der Waals surface area contributed by atoms with E-state index in [-0.39, 0.29) is 25.4 Å². The maximum absolute atomic E-state index is 12.6. The van der Waals surface area contributed by atoms with Crippen molar-refractivity contribution in [2.24, 2.45) is 11.7 Å². The van der Waals surface area contributed by atoms with Gasteiger partial charge in [-0.1, -0.05) is 44.2 Å². The van der Waals surface area contributed by atoms with Crippen LogP contribution < -0.4 is 16.4 Å². The summed E-state index contributed by atoms with van der Waals surface area (Å²) in [4.78, 5) is 47.8. The fourth-order valence-corrected chi connectivity index (χ4v) is 2.53. The first kappa shape index (κ1) is 23.9. The zero-order chi connectivity index (χ0) is 21.8. The summed E-state index contributed by atoms with van der Waals surface area (Å²) in [6.45, 7) is 3.79. The number of primary amides is 1. The van der Waals surface area contributed by atoms with E-state index in [1.807, 2.05) is 32.0 Å². The van der Waals surface area contributed by atoms with E-state index in [9.17, 15) is 19.2 Å². The molecule has 0 radical (unpaired) electrons. The Morgan fingerprint density at radius 1 is 1.03 bits per heavy atom. The van der Waals surface area contributed by atoms with Crippen LogP contribution in [0.1, 0.15) is 38.7 Å². The number of rotatable bonds is 11. The van der Waals surface area contributed by atoms with Gasteiger partial charge in [0.1, 0.15) is 18.7 Å². The van der Waals surface area contributed by atoms with Crippen LogP contribution in [0.4, 0.5) is 4.79 Å². The minimum absolute atomic E-state index is 0.0217. The third-order valence-electron chi connectivity index (χ3n) is 4.05. The molecule has 29 heavy (non-hydrogen) atoms. The molecule has 1 aromatic rings. The third-order valence-corrected chi connectivity index (χ3v) is 4.05. The summed E-state index contributed by atoms with van der Waals surface area (Å²) in [5.74, 6) is -1.72. The number of carbonyl (C=O) groups is 4. The van der Waals surface area contributed by atoms with Gasteiger partial charge in [-0.3, -0.25) is 14.4 Å². The smallest absolute Gasteiger partial charge is 0.408 e. The van der Waals surface area contributed by atoms with Crippen LogP contribution in [0.25, 0.3) is 0 Å². The highest BCUT2D eigenvalue weighted by Crippen LogP contribution is 2.07. The predicted molar refractivity (Wildman–Crippen MR) is 105 cm³/mol. The molecule has 0 fully saturated rings. The standard InChI is InChI=1S/C20H29N3O6/c1-13(2)11-16(18(21)25)22-19(26)15(9-10-17(24)28-3)23-20(27)29-12-14-7-5-4-6-8-14/h4-8,13,15-16H,9-12H2,1-3H3,(H2,21,25)(H,22,26)(H,23,27)/t15-,16-/m0/s1.